The van der Waals surface area contributed by atoms with Gasteiger partial charge in [-0.1, -0.05) is 42.5 Å². The molecule has 0 spiro atoms. The Morgan fingerprint density at radius 2 is 1.86 bits per heavy atom. The van der Waals surface area contributed by atoms with Crippen molar-refractivity contribution in [2.24, 2.45) is 5.10 Å². The van der Waals surface area contributed by atoms with Crippen LogP contribution in [-0.4, -0.2) is 30.8 Å². The van der Waals surface area contributed by atoms with Crippen molar-refractivity contribution in [1.82, 2.24) is 10.4 Å². The molecule has 4 aromatic rings. The van der Waals surface area contributed by atoms with Gasteiger partial charge in [0.05, 0.1) is 19.0 Å². The molecule has 3 aromatic carbocycles. The van der Waals surface area contributed by atoms with Crippen molar-refractivity contribution in [2.45, 2.75) is 6.92 Å². The number of methoxy groups -OCH3 is 1. The van der Waals surface area contributed by atoms with Crippen LogP contribution < -0.4 is 20.2 Å². The standard InChI is InChI=1S/C28H26N4O3S/c1-4-15-35-25-14-7-20(16-26(25)34-3)17-29-32-27(33)22-10-8-21(9-11-22)24-18-36-28(31-24)30-23-12-5-19(2)6-13-23/h4-14,16-18H,1,15H2,2-3H3,(H,30,31)(H,32,33)/b29-17+. The molecule has 2 N–H and O–H groups in total. The van der Waals surface area contributed by atoms with Gasteiger partial charge in [-0.25, -0.2) is 10.4 Å². The summed E-state index contributed by atoms with van der Waals surface area (Å²) in [5.74, 6) is 0.870. The molecule has 0 aliphatic rings. The summed E-state index contributed by atoms with van der Waals surface area (Å²) in [6.45, 7) is 6.07. The zero-order valence-electron chi connectivity index (χ0n) is 20.0. The molecule has 0 radical (unpaired) electrons. The summed E-state index contributed by atoms with van der Waals surface area (Å²) < 4.78 is 10.9. The van der Waals surface area contributed by atoms with Gasteiger partial charge in [-0.3, -0.25) is 4.79 Å². The first-order valence-corrected chi connectivity index (χ1v) is 12.1. The highest BCUT2D eigenvalue weighted by Crippen LogP contribution is 2.28. The normalized spacial score (nSPS) is 10.7. The first-order valence-electron chi connectivity index (χ1n) is 11.2. The first kappa shape index (κ1) is 24.7. The van der Waals surface area contributed by atoms with Crippen molar-refractivity contribution in [3.63, 3.8) is 0 Å². The molecule has 0 aliphatic carbocycles. The zero-order valence-corrected chi connectivity index (χ0v) is 20.8. The van der Waals surface area contributed by atoms with Gasteiger partial charge >= 0.3 is 0 Å². The number of hydrogen-bond donors (Lipinski definition) is 2. The summed E-state index contributed by atoms with van der Waals surface area (Å²) in [5.41, 5.74) is 7.77. The van der Waals surface area contributed by atoms with E-state index >= 15 is 0 Å². The quantitative estimate of drug-likeness (QED) is 0.154. The van der Waals surface area contributed by atoms with E-state index in [9.17, 15) is 4.79 Å². The summed E-state index contributed by atoms with van der Waals surface area (Å²) in [4.78, 5) is 17.2. The minimum absolute atomic E-state index is 0.310. The first-order chi connectivity index (χ1) is 17.6. The van der Waals surface area contributed by atoms with Crippen LogP contribution in [0, 0.1) is 6.92 Å². The number of carbonyl (C=O) groups is 1. The fraction of sp³-hybridized carbons (Fsp3) is 0.107. The van der Waals surface area contributed by atoms with Gasteiger partial charge in [-0.05, 0) is 55.0 Å². The maximum atomic E-state index is 12.5. The number of amides is 1. The van der Waals surface area contributed by atoms with Gasteiger partial charge < -0.3 is 14.8 Å². The predicted octanol–water partition coefficient (Wildman–Crippen LogP) is 6.20. The van der Waals surface area contributed by atoms with Crippen molar-refractivity contribution in [2.75, 3.05) is 19.0 Å². The maximum absolute atomic E-state index is 12.5. The number of ether oxygens (including phenoxy) is 2. The van der Waals surface area contributed by atoms with E-state index in [0.717, 1.165) is 27.6 Å². The number of nitrogens with one attached hydrogen (secondary N) is 2. The van der Waals surface area contributed by atoms with Crippen molar-refractivity contribution in [3.05, 3.63) is 101 Å². The number of hydrogen-bond acceptors (Lipinski definition) is 7. The van der Waals surface area contributed by atoms with Crippen molar-refractivity contribution in [1.29, 1.82) is 0 Å². The van der Waals surface area contributed by atoms with E-state index in [2.05, 4.69) is 46.5 Å². The van der Waals surface area contributed by atoms with E-state index in [1.807, 2.05) is 35.7 Å². The van der Waals surface area contributed by atoms with E-state index in [0.29, 0.717) is 23.7 Å². The molecular formula is C28H26N4O3S. The van der Waals surface area contributed by atoms with E-state index in [-0.39, 0.29) is 5.91 Å². The van der Waals surface area contributed by atoms with Crippen LogP contribution in [0.3, 0.4) is 0 Å². The molecule has 0 saturated heterocycles. The van der Waals surface area contributed by atoms with Gasteiger partial charge in [0.15, 0.2) is 16.6 Å². The lowest BCUT2D eigenvalue weighted by atomic mass is 10.1. The Morgan fingerprint density at radius 3 is 2.58 bits per heavy atom. The molecular weight excluding hydrogens is 472 g/mol. The molecule has 0 saturated carbocycles. The fourth-order valence-corrected chi connectivity index (χ4v) is 4.02. The second-order valence-corrected chi connectivity index (χ2v) is 8.67. The third-order valence-electron chi connectivity index (χ3n) is 5.17. The summed E-state index contributed by atoms with van der Waals surface area (Å²) in [6.07, 6.45) is 3.21. The highest BCUT2D eigenvalue weighted by atomic mass is 32.1. The Kier molecular flexibility index (Phi) is 8.10. The number of nitrogens with zero attached hydrogens (tertiary/aromatic N) is 2. The molecule has 182 valence electrons. The molecule has 8 heteroatoms. The number of thiazole rings is 1. The number of benzene rings is 3. The number of rotatable bonds is 10. The predicted molar refractivity (Wildman–Crippen MR) is 146 cm³/mol. The topological polar surface area (TPSA) is 84.8 Å². The van der Waals surface area contributed by atoms with Crippen LogP contribution >= 0.6 is 11.3 Å². The Balaban J connectivity index is 1.35. The van der Waals surface area contributed by atoms with Crippen LogP contribution in [0.25, 0.3) is 11.3 Å². The Morgan fingerprint density at radius 1 is 1.08 bits per heavy atom. The minimum Gasteiger partial charge on any atom is -0.493 e. The molecule has 0 atom stereocenters. The van der Waals surface area contributed by atoms with Crippen LogP contribution in [0.1, 0.15) is 21.5 Å². The molecule has 36 heavy (non-hydrogen) atoms. The smallest absolute Gasteiger partial charge is 0.271 e. The Bertz CT molecular complexity index is 1360. The third kappa shape index (κ3) is 6.37. The van der Waals surface area contributed by atoms with Gasteiger partial charge in [0, 0.05) is 22.2 Å². The van der Waals surface area contributed by atoms with Gasteiger partial charge in [0.2, 0.25) is 0 Å². The summed E-state index contributed by atoms with van der Waals surface area (Å²) in [7, 11) is 1.56. The largest absolute Gasteiger partial charge is 0.493 e. The van der Waals surface area contributed by atoms with Crippen LogP contribution in [0.4, 0.5) is 10.8 Å². The van der Waals surface area contributed by atoms with Crippen molar-refractivity contribution < 1.29 is 14.3 Å². The number of hydrazone groups is 1. The number of carbonyl (C=O) groups excluding carboxylic acids is 1. The van der Waals surface area contributed by atoms with E-state index in [1.54, 1.807) is 43.7 Å². The summed E-state index contributed by atoms with van der Waals surface area (Å²) in [5, 5.41) is 10.2. The van der Waals surface area contributed by atoms with E-state index < -0.39 is 0 Å². The molecule has 1 amide bonds. The monoisotopic (exact) mass is 498 g/mol. The third-order valence-corrected chi connectivity index (χ3v) is 5.93. The van der Waals surface area contributed by atoms with Gasteiger partial charge in [-0.15, -0.1) is 11.3 Å². The summed E-state index contributed by atoms with van der Waals surface area (Å²) >= 11 is 1.53. The Hall–Kier alpha value is -4.43. The van der Waals surface area contributed by atoms with Crippen LogP contribution in [0.5, 0.6) is 11.5 Å². The van der Waals surface area contributed by atoms with E-state index in [1.165, 1.54) is 16.9 Å². The van der Waals surface area contributed by atoms with Gasteiger partial charge in [-0.2, -0.15) is 5.10 Å². The molecule has 0 bridgehead atoms. The molecule has 4 rings (SSSR count). The van der Waals surface area contributed by atoms with Gasteiger partial charge in [0.1, 0.15) is 6.61 Å². The lowest BCUT2D eigenvalue weighted by Crippen LogP contribution is -2.17. The maximum Gasteiger partial charge on any atom is 0.271 e. The van der Waals surface area contributed by atoms with Crippen molar-refractivity contribution >= 4 is 34.3 Å². The number of aryl methyl sites for hydroxylation is 1. The Labute approximate surface area is 214 Å². The van der Waals surface area contributed by atoms with Crippen LogP contribution in [0.2, 0.25) is 0 Å². The summed E-state index contributed by atoms with van der Waals surface area (Å²) in [6, 6.07) is 20.8. The molecule has 7 nitrogen and oxygen atoms in total. The molecule has 0 unspecified atom stereocenters. The van der Waals surface area contributed by atoms with Crippen molar-refractivity contribution in [3.8, 4) is 22.8 Å². The molecule has 1 heterocycles. The highest BCUT2D eigenvalue weighted by Gasteiger charge is 2.09. The van der Waals surface area contributed by atoms with E-state index in [4.69, 9.17) is 9.47 Å². The lowest BCUT2D eigenvalue weighted by molar-refractivity contribution is 0.0955. The van der Waals surface area contributed by atoms with Crippen LogP contribution in [0.15, 0.2) is 89.9 Å². The molecule has 0 fully saturated rings. The number of aromatic nitrogens is 1. The highest BCUT2D eigenvalue weighted by molar-refractivity contribution is 7.14. The zero-order chi connectivity index (χ0) is 25.3. The van der Waals surface area contributed by atoms with Gasteiger partial charge in [0.25, 0.3) is 5.91 Å². The molecule has 1 aromatic heterocycles. The SMILES string of the molecule is C=CCOc1ccc(/C=N/NC(=O)c2ccc(-c3csc(Nc4ccc(C)cc4)n3)cc2)cc1OC. The molecule has 0 aliphatic heterocycles. The second-order valence-electron chi connectivity index (χ2n) is 7.82. The lowest BCUT2D eigenvalue weighted by Gasteiger charge is -2.09. The average Bonchev–Trinajstić information content (AvgIpc) is 3.37. The fourth-order valence-electron chi connectivity index (χ4n) is 3.28. The minimum atomic E-state index is -0.310. The van der Waals surface area contributed by atoms with Crippen LogP contribution in [-0.2, 0) is 0 Å². The average molecular weight is 499 g/mol. The second kappa shape index (κ2) is 11.8. The number of anilines is 2.